The molecule has 4 aliphatic heterocycles. The lowest BCUT2D eigenvalue weighted by molar-refractivity contribution is -0.354. The summed E-state index contributed by atoms with van der Waals surface area (Å²) in [6, 6.07) is 0. The molecule has 7 fully saturated rings. The molecule has 4 heterocycles. The maximum absolute atomic E-state index is 11.3. The molecule has 0 amide bonds. The van der Waals surface area contributed by atoms with Gasteiger partial charge in [-0.15, -0.1) is 0 Å². The molecule has 1 spiro atoms. The standard InChI is InChI=1S/C38H60O12/c1-18-7-12-38(46-16-18)19(2)28-26(50-38)14-24-22-6-5-20-13-21(8-10-36(20,3)23(22)9-11-37(24,28)4)47-35-32(44)33(30(42)27(15-39)48-35)49-34-31(43)29(41)25(40)17-45-34/h5,18-19,21-35,39-44H,6-17H2,1-4H3/t18-,19+,21-,22+,23-,24-,25+,26-,27+,28-,29-,30+,31+,32+,33-,34-,35+,36-,37-,38-/m0/s1. The number of ether oxygens (including phenoxy) is 6. The summed E-state index contributed by atoms with van der Waals surface area (Å²) in [7, 11) is 0. The van der Waals surface area contributed by atoms with E-state index in [1.807, 2.05) is 0 Å². The van der Waals surface area contributed by atoms with Crippen LogP contribution in [0.5, 0.6) is 0 Å². The molecule has 0 bridgehead atoms. The smallest absolute Gasteiger partial charge is 0.186 e. The van der Waals surface area contributed by atoms with Gasteiger partial charge in [-0.1, -0.05) is 39.3 Å². The van der Waals surface area contributed by atoms with Crippen LogP contribution in [-0.2, 0) is 28.4 Å². The Morgan fingerprint density at radius 2 is 1.66 bits per heavy atom. The van der Waals surface area contributed by atoms with Crippen LogP contribution in [0.25, 0.3) is 0 Å². The van der Waals surface area contributed by atoms with Crippen molar-refractivity contribution in [3.05, 3.63) is 11.6 Å². The molecule has 6 N–H and O–H groups in total. The average molecular weight is 709 g/mol. The monoisotopic (exact) mass is 708 g/mol. The fourth-order valence-corrected chi connectivity index (χ4v) is 12.3. The highest BCUT2D eigenvalue weighted by Crippen LogP contribution is 2.70. The third-order valence-electron chi connectivity index (χ3n) is 15.2. The van der Waals surface area contributed by atoms with Gasteiger partial charge in [-0.25, -0.2) is 0 Å². The van der Waals surface area contributed by atoms with Crippen molar-refractivity contribution in [3.63, 3.8) is 0 Å². The highest BCUT2D eigenvalue weighted by Gasteiger charge is 2.68. The van der Waals surface area contributed by atoms with Crippen molar-refractivity contribution in [2.24, 2.45) is 46.3 Å². The maximum Gasteiger partial charge on any atom is 0.186 e. The third kappa shape index (κ3) is 5.61. The van der Waals surface area contributed by atoms with E-state index in [0.717, 1.165) is 38.7 Å². The van der Waals surface area contributed by atoms with E-state index < -0.39 is 67.7 Å². The maximum atomic E-state index is 11.3. The number of aliphatic hydroxyl groups excluding tert-OH is 6. The second kappa shape index (κ2) is 13.2. The Hall–Kier alpha value is -0.740. The summed E-state index contributed by atoms with van der Waals surface area (Å²) >= 11 is 0. The molecule has 4 saturated heterocycles. The lowest BCUT2D eigenvalue weighted by atomic mass is 9.47. The molecule has 0 aromatic carbocycles. The van der Waals surface area contributed by atoms with E-state index in [4.69, 9.17) is 28.4 Å². The Balaban J connectivity index is 0.938. The minimum Gasteiger partial charge on any atom is -0.394 e. The van der Waals surface area contributed by atoms with Gasteiger partial charge in [0.2, 0.25) is 0 Å². The molecule has 284 valence electrons. The minimum absolute atomic E-state index is 0.0689. The zero-order chi connectivity index (χ0) is 35.3. The van der Waals surface area contributed by atoms with Crippen molar-refractivity contribution in [2.45, 2.75) is 159 Å². The Labute approximate surface area is 295 Å². The summed E-state index contributed by atoms with van der Waals surface area (Å²) in [6.07, 6.45) is -0.640. The number of hydrogen-bond donors (Lipinski definition) is 6. The van der Waals surface area contributed by atoms with Gasteiger partial charge in [0, 0.05) is 12.3 Å². The van der Waals surface area contributed by atoms with E-state index in [-0.39, 0.29) is 29.6 Å². The van der Waals surface area contributed by atoms with Crippen molar-refractivity contribution in [2.75, 3.05) is 19.8 Å². The molecule has 0 aromatic heterocycles. The van der Waals surface area contributed by atoms with Crippen LogP contribution in [0, 0.1) is 46.3 Å². The molecule has 4 aliphatic carbocycles. The molecule has 12 heteroatoms. The van der Waals surface area contributed by atoms with Gasteiger partial charge in [-0.05, 0) is 91.8 Å². The molecule has 12 nitrogen and oxygen atoms in total. The zero-order valence-corrected chi connectivity index (χ0v) is 30.0. The van der Waals surface area contributed by atoms with Crippen LogP contribution in [0.4, 0.5) is 0 Å². The van der Waals surface area contributed by atoms with Crippen molar-refractivity contribution in [3.8, 4) is 0 Å². The van der Waals surface area contributed by atoms with Crippen LogP contribution >= 0.6 is 0 Å². The molecular weight excluding hydrogens is 648 g/mol. The van der Waals surface area contributed by atoms with Crippen LogP contribution < -0.4 is 0 Å². The van der Waals surface area contributed by atoms with E-state index in [1.54, 1.807) is 0 Å². The Morgan fingerprint density at radius 1 is 0.860 bits per heavy atom. The van der Waals surface area contributed by atoms with Gasteiger partial charge >= 0.3 is 0 Å². The second-order valence-electron chi connectivity index (χ2n) is 17.8. The molecule has 8 aliphatic rings. The first-order valence-electron chi connectivity index (χ1n) is 19.4. The molecule has 8 rings (SSSR count). The number of fused-ring (bicyclic) bond motifs is 7. The van der Waals surface area contributed by atoms with E-state index in [0.29, 0.717) is 41.9 Å². The third-order valence-corrected chi connectivity index (χ3v) is 15.2. The van der Waals surface area contributed by atoms with Crippen molar-refractivity contribution >= 4 is 0 Å². The molecule has 0 radical (unpaired) electrons. The van der Waals surface area contributed by atoms with Crippen molar-refractivity contribution in [1.29, 1.82) is 0 Å². The summed E-state index contributed by atoms with van der Waals surface area (Å²) in [5.41, 5.74) is 1.73. The fraction of sp³-hybridized carbons (Fsp3) is 0.947. The van der Waals surface area contributed by atoms with Gasteiger partial charge < -0.3 is 59.1 Å². The van der Waals surface area contributed by atoms with Gasteiger partial charge in [-0.2, -0.15) is 0 Å². The summed E-state index contributed by atoms with van der Waals surface area (Å²) in [5, 5.41) is 62.5. The Kier molecular flexibility index (Phi) is 9.59. The number of allylic oxidation sites excluding steroid dienone is 1. The van der Waals surface area contributed by atoms with E-state index in [9.17, 15) is 30.6 Å². The van der Waals surface area contributed by atoms with Crippen LogP contribution in [0.1, 0.15) is 85.5 Å². The lowest BCUT2D eigenvalue weighted by Gasteiger charge is -2.58. The van der Waals surface area contributed by atoms with Crippen LogP contribution in [0.15, 0.2) is 11.6 Å². The Morgan fingerprint density at radius 3 is 2.40 bits per heavy atom. The van der Waals surface area contributed by atoms with Crippen molar-refractivity contribution in [1.82, 2.24) is 0 Å². The average Bonchev–Trinajstić information content (AvgIpc) is 3.54. The first kappa shape index (κ1) is 36.2. The van der Waals surface area contributed by atoms with E-state index in [2.05, 4.69) is 33.8 Å². The summed E-state index contributed by atoms with van der Waals surface area (Å²) in [4.78, 5) is 0. The first-order chi connectivity index (χ1) is 23.8. The highest BCUT2D eigenvalue weighted by molar-refractivity contribution is 5.26. The van der Waals surface area contributed by atoms with Crippen LogP contribution in [0.2, 0.25) is 0 Å². The summed E-state index contributed by atoms with van der Waals surface area (Å²) in [5.74, 6) is 2.97. The van der Waals surface area contributed by atoms with Gasteiger partial charge in [-0.3, -0.25) is 0 Å². The zero-order valence-electron chi connectivity index (χ0n) is 30.0. The fourth-order valence-electron chi connectivity index (χ4n) is 12.3. The quantitative estimate of drug-likeness (QED) is 0.230. The molecule has 3 saturated carbocycles. The predicted octanol–water partition coefficient (Wildman–Crippen LogP) is 2.00. The molecular formula is C38H60O12. The normalized spacial score (nSPS) is 57.8. The minimum atomic E-state index is -1.60. The SMILES string of the molecule is C[C@H]1CC[C@]2(OC1)O[C@H]1C[C@H]3[C@@H]4CC=C5C[C@@H](O[C@@H]6O[C@H](CO)[C@@H](O)[C@H](O[C@@H]7OC[C@@H](O)[C@H](O)[C@H]7O)[C@H]6O)CC[C@]5(C)[C@H]4CC[C@]3(C)[C@H]1[C@H]2C. The van der Waals surface area contributed by atoms with Crippen molar-refractivity contribution < 1.29 is 59.1 Å². The van der Waals surface area contributed by atoms with Crippen LogP contribution in [-0.4, -0.2) is 124 Å². The largest absolute Gasteiger partial charge is 0.394 e. The second-order valence-corrected chi connectivity index (χ2v) is 17.8. The lowest BCUT2D eigenvalue weighted by Crippen LogP contribution is -2.63. The van der Waals surface area contributed by atoms with Gasteiger partial charge in [0.15, 0.2) is 18.4 Å². The summed E-state index contributed by atoms with van der Waals surface area (Å²) in [6.45, 7) is 9.65. The molecule has 50 heavy (non-hydrogen) atoms. The van der Waals surface area contributed by atoms with Crippen LogP contribution in [0.3, 0.4) is 0 Å². The van der Waals surface area contributed by atoms with Gasteiger partial charge in [0.1, 0.15) is 42.7 Å². The van der Waals surface area contributed by atoms with E-state index in [1.165, 1.54) is 24.8 Å². The van der Waals surface area contributed by atoms with E-state index >= 15 is 0 Å². The number of rotatable bonds is 5. The predicted molar refractivity (Wildman–Crippen MR) is 177 cm³/mol. The number of hydrogen-bond acceptors (Lipinski definition) is 12. The topological polar surface area (TPSA) is 177 Å². The summed E-state index contributed by atoms with van der Waals surface area (Å²) < 4.78 is 36.9. The number of aliphatic hydroxyl groups is 6. The molecule has 20 atom stereocenters. The van der Waals surface area contributed by atoms with Gasteiger partial charge in [0.05, 0.1) is 32.0 Å². The highest BCUT2D eigenvalue weighted by atomic mass is 16.7. The first-order valence-corrected chi connectivity index (χ1v) is 19.4. The molecule has 0 unspecified atom stereocenters. The Bertz CT molecular complexity index is 1270. The van der Waals surface area contributed by atoms with Gasteiger partial charge in [0.25, 0.3) is 0 Å². The molecule has 0 aromatic rings.